The minimum atomic E-state index is -4.14. The number of likely N-dealkylation sites (tertiary alicyclic amines) is 1. The first-order valence-electron chi connectivity index (χ1n) is 6.10. The molecule has 0 radical (unpaired) electrons. The van der Waals surface area contributed by atoms with Crippen molar-refractivity contribution < 1.29 is 13.2 Å². The Bertz CT molecular complexity index is 452. The van der Waals surface area contributed by atoms with Gasteiger partial charge in [0.2, 0.25) is 0 Å². The molecule has 1 saturated heterocycles. The molecule has 4 heteroatoms. The summed E-state index contributed by atoms with van der Waals surface area (Å²) in [6.45, 7) is 0.372. The summed E-state index contributed by atoms with van der Waals surface area (Å²) in [7, 11) is 0. The van der Waals surface area contributed by atoms with Crippen LogP contribution in [0, 0.1) is 5.92 Å². The van der Waals surface area contributed by atoms with Crippen LogP contribution >= 0.6 is 0 Å². The molecular weight excluding hydrogens is 239 g/mol. The number of hydrogen-bond donors (Lipinski definition) is 0. The zero-order valence-corrected chi connectivity index (χ0v) is 9.77. The van der Waals surface area contributed by atoms with Crippen molar-refractivity contribution in [1.82, 2.24) is 4.90 Å². The van der Waals surface area contributed by atoms with Crippen LogP contribution in [0.4, 0.5) is 13.2 Å². The van der Waals surface area contributed by atoms with E-state index < -0.39 is 12.2 Å². The molecule has 1 aromatic carbocycles. The Morgan fingerprint density at radius 1 is 1.11 bits per heavy atom. The maximum atomic E-state index is 13.1. The monoisotopic (exact) mass is 253 g/mol. The predicted molar refractivity (Wildman–Crippen MR) is 62.9 cm³/mol. The highest BCUT2D eigenvalue weighted by atomic mass is 19.4. The Hall–Kier alpha value is -1.29. The van der Waals surface area contributed by atoms with Gasteiger partial charge in [-0.05, 0) is 12.0 Å². The number of nitrogens with zero attached hydrogens (tertiary/aromatic N) is 1. The molecule has 0 N–H and O–H groups in total. The first kappa shape index (κ1) is 11.8. The molecule has 3 rings (SSSR count). The molecule has 0 spiro atoms. The predicted octanol–water partition coefficient (Wildman–Crippen LogP) is 3.38. The number of fused-ring (bicyclic) bond motifs is 2. The van der Waals surface area contributed by atoms with Crippen LogP contribution < -0.4 is 0 Å². The SMILES string of the molecule is FC(F)(F)[C@H]1[C@H]2C=C[C@H](C2)N1Cc1ccccc1. The second kappa shape index (κ2) is 4.12. The third kappa shape index (κ3) is 1.94. The molecule has 1 aliphatic carbocycles. The van der Waals surface area contributed by atoms with Crippen LogP contribution in [0.25, 0.3) is 0 Å². The van der Waals surface area contributed by atoms with Crippen molar-refractivity contribution in [2.24, 2.45) is 5.92 Å². The zero-order valence-electron chi connectivity index (χ0n) is 9.77. The molecule has 1 aromatic rings. The summed E-state index contributed by atoms with van der Waals surface area (Å²) in [5.74, 6) is -0.362. The number of benzene rings is 1. The fourth-order valence-corrected chi connectivity index (χ4v) is 3.08. The second-order valence-electron chi connectivity index (χ2n) is 5.00. The summed E-state index contributed by atoms with van der Waals surface area (Å²) in [6.07, 6.45) is 0.107. The Morgan fingerprint density at radius 3 is 2.50 bits per heavy atom. The molecule has 18 heavy (non-hydrogen) atoms. The van der Waals surface area contributed by atoms with E-state index in [4.69, 9.17) is 0 Å². The van der Waals surface area contributed by atoms with E-state index in [1.54, 1.807) is 11.0 Å². The lowest BCUT2D eigenvalue weighted by Crippen LogP contribution is -2.47. The Morgan fingerprint density at radius 2 is 1.83 bits per heavy atom. The van der Waals surface area contributed by atoms with Gasteiger partial charge in [-0.1, -0.05) is 42.5 Å². The van der Waals surface area contributed by atoms with E-state index in [1.807, 2.05) is 36.4 Å². The van der Waals surface area contributed by atoms with E-state index in [9.17, 15) is 13.2 Å². The van der Waals surface area contributed by atoms with Gasteiger partial charge in [0.25, 0.3) is 0 Å². The number of halogens is 3. The van der Waals surface area contributed by atoms with E-state index in [0.717, 1.165) is 5.56 Å². The molecule has 0 unspecified atom stereocenters. The highest BCUT2D eigenvalue weighted by Gasteiger charge is 2.55. The van der Waals surface area contributed by atoms with Gasteiger partial charge in [-0.25, -0.2) is 0 Å². The summed E-state index contributed by atoms with van der Waals surface area (Å²) < 4.78 is 39.3. The summed E-state index contributed by atoms with van der Waals surface area (Å²) >= 11 is 0. The van der Waals surface area contributed by atoms with Crippen LogP contribution in [-0.2, 0) is 6.54 Å². The molecule has 0 aromatic heterocycles. The van der Waals surface area contributed by atoms with Crippen LogP contribution in [0.2, 0.25) is 0 Å². The van der Waals surface area contributed by atoms with Gasteiger partial charge in [-0.2, -0.15) is 13.2 Å². The normalized spacial score (nSPS) is 31.2. The standard InChI is InChI=1S/C14H14F3N/c15-14(16,17)13-11-6-7-12(8-11)18(13)9-10-4-2-1-3-5-10/h1-7,11-13H,8-9H2/t11-,12+,13+/m0/s1. The third-order valence-electron chi connectivity index (χ3n) is 3.83. The first-order chi connectivity index (χ1) is 8.55. The van der Waals surface area contributed by atoms with E-state index in [0.29, 0.717) is 13.0 Å². The summed E-state index contributed by atoms with van der Waals surface area (Å²) in [4.78, 5) is 1.58. The van der Waals surface area contributed by atoms with Gasteiger partial charge < -0.3 is 0 Å². The fourth-order valence-electron chi connectivity index (χ4n) is 3.08. The van der Waals surface area contributed by atoms with Crippen LogP contribution in [0.3, 0.4) is 0 Å². The molecular formula is C14H14F3N. The van der Waals surface area contributed by atoms with Crippen molar-refractivity contribution >= 4 is 0 Å². The first-order valence-corrected chi connectivity index (χ1v) is 6.10. The van der Waals surface area contributed by atoms with Gasteiger partial charge in [0, 0.05) is 18.5 Å². The van der Waals surface area contributed by atoms with Gasteiger partial charge in [-0.15, -0.1) is 0 Å². The van der Waals surface area contributed by atoms with Crippen molar-refractivity contribution in [3.63, 3.8) is 0 Å². The minimum Gasteiger partial charge on any atom is -0.281 e. The highest BCUT2D eigenvalue weighted by molar-refractivity contribution is 5.21. The molecule has 1 aliphatic heterocycles. The summed E-state index contributed by atoms with van der Waals surface area (Å²) in [5.41, 5.74) is 0.938. The summed E-state index contributed by atoms with van der Waals surface area (Å²) in [6, 6.07) is 7.99. The van der Waals surface area contributed by atoms with Crippen molar-refractivity contribution in [2.45, 2.75) is 31.2 Å². The molecule has 96 valence electrons. The number of alkyl halides is 3. The third-order valence-corrected chi connectivity index (χ3v) is 3.83. The number of rotatable bonds is 2. The van der Waals surface area contributed by atoms with Crippen LogP contribution in [0.1, 0.15) is 12.0 Å². The van der Waals surface area contributed by atoms with E-state index in [1.165, 1.54) is 0 Å². The highest BCUT2D eigenvalue weighted by Crippen LogP contribution is 2.45. The molecule has 2 bridgehead atoms. The van der Waals surface area contributed by atoms with Crippen LogP contribution in [-0.4, -0.2) is 23.2 Å². The van der Waals surface area contributed by atoms with Gasteiger partial charge in [0.05, 0.1) is 0 Å². The molecule has 1 heterocycles. The average molecular weight is 253 g/mol. The van der Waals surface area contributed by atoms with Crippen LogP contribution in [0.15, 0.2) is 42.5 Å². The quantitative estimate of drug-likeness (QED) is 0.730. The lowest BCUT2D eigenvalue weighted by molar-refractivity contribution is -0.186. The van der Waals surface area contributed by atoms with Crippen molar-refractivity contribution in [3.05, 3.63) is 48.0 Å². The lowest BCUT2D eigenvalue weighted by atomic mass is 10.0. The molecule has 1 nitrogen and oxygen atoms in total. The van der Waals surface area contributed by atoms with Crippen LogP contribution in [0.5, 0.6) is 0 Å². The van der Waals surface area contributed by atoms with E-state index in [2.05, 4.69) is 0 Å². The average Bonchev–Trinajstić information content (AvgIpc) is 2.89. The lowest BCUT2D eigenvalue weighted by Gasteiger charge is -2.33. The molecule has 0 amide bonds. The van der Waals surface area contributed by atoms with E-state index >= 15 is 0 Å². The smallest absolute Gasteiger partial charge is 0.281 e. The summed E-state index contributed by atoms with van der Waals surface area (Å²) in [5, 5.41) is 0. The Labute approximate surface area is 104 Å². The maximum Gasteiger partial charge on any atom is 0.404 e. The van der Waals surface area contributed by atoms with E-state index in [-0.39, 0.29) is 12.0 Å². The molecule has 0 saturated carbocycles. The topological polar surface area (TPSA) is 3.24 Å². The molecule has 2 aliphatic rings. The Kier molecular flexibility index (Phi) is 2.70. The van der Waals surface area contributed by atoms with Crippen molar-refractivity contribution in [3.8, 4) is 0 Å². The van der Waals surface area contributed by atoms with Gasteiger partial charge in [0.1, 0.15) is 6.04 Å². The maximum absolute atomic E-state index is 13.1. The Balaban J connectivity index is 1.84. The zero-order chi connectivity index (χ0) is 12.8. The minimum absolute atomic E-state index is 0.0539. The molecule has 3 atom stereocenters. The van der Waals surface area contributed by atoms with Gasteiger partial charge in [0.15, 0.2) is 0 Å². The van der Waals surface area contributed by atoms with Crippen molar-refractivity contribution in [2.75, 3.05) is 0 Å². The van der Waals surface area contributed by atoms with Gasteiger partial charge in [-0.3, -0.25) is 4.90 Å². The largest absolute Gasteiger partial charge is 0.404 e. The number of hydrogen-bond acceptors (Lipinski definition) is 1. The van der Waals surface area contributed by atoms with Gasteiger partial charge >= 0.3 is 6.18 Å². The fraction of sp³-hybridized carbons (Fsp3) is 0.429. The molecule has 1 fully saturated rings. The van der Waals surface area contributed by atoms with Crippen molar-refractivity contribution in [1.29, 1.82) is 0 Å². The second-order valence-corrected chi connectivity index (χ2v) is 5.00.